The fourth-order valence-electron chi connectivity index (χ4n) is 3.32. The van der Waals surface area contributed by atoms with Gasteiger partial charge in [0.2, 0.25) is 0 Å². The Balaban J connectivity index is 0.00000261. The Hall–Kier alpha value is -1.44. The summed E-state index contributed by atoms with van der Waals surface area (Å²) < 4.78 is 25.7. The molecule has 0 aromatic heterocycles. The van der Waals surface area contributed by atoms with E-state index in [0.717, 1.165) is 38.5 Å². The molecule has 8 heteroatoms. The molecule has 1 aromatic carbocycles. The number of rotatable bonds is 4. The van der Waals surface area contributed by atoms with Gasteiger partial charge in [0.25, 0.3) is 0 Å². The highest BCUT2D eigenvalue weighted by molar-refractivity contribution is 14.0. The summed E-state index contributed by atoms with van der Waals surface area (Å²) in [5, 5.41) is 12.1. The van der Waals surface area contributed by atoms with E-state index >= 15 is 0 Å². The van der Waals surface area contributed by atoms with Crippen LogP contribution in [-0.2, 0) is 16.0 Å². The van der Waals surface area contributed by atoms with Crippen LogP contribution in [-0.4, -0.2) is 55.9 Å². The Morgan fingerprint density at radius 2 is 2.19 bits per heavy atom. The minimum absolute atomic E-state index is 0. The van der Waals surface area contributed by atoms with Gasteiger partial charge < -0.3 is 19.7 Å². The lowest BCUT2D eigenvalue weighted by Crippen LogP contribution is -2.53. The number of nitrogens with zero attached hydrogens (tertiary/aromatic N) is 3. The standard InChI is InChI=1S/C19H25FN4O2.HI/c1-2-22-19(23-12-15-6-5-14(11-21)10-16(15)20)24-7-9-26-18(13-24)17-4-3-8-25-17;/h5-6,10,17-18H,2-4,7-9,12-13H2,1H3,(H,22,23);1H. The zero-order chi connectivity index (χ0) is 18.4. The van der Waals surface area contributed by atoms with Gasteiger partial charge in [-0.15, -0.1) is 24.0 Å². The molecule has 0 amide bonds. The van der Waals surface area contributed by atoms with Gasteiger partial charge in [-0.05, 0) is 31.9 Å². The van der Waals surface area contributed by atoms with Crippen molar-refractivity contribution in [1.82, 2.24) is 10.2 Å². The van der Waals surface area contributed by atoms with E-state index in [0.29, 0.717) is 24.3 Å². The third kappa shape index (κ3) is 5.77. The summed E-state index contributed by atoms with van der Waals surface area (Å²) in [6.07, 6.45) is 2.30. The van der Waals surface area contributed by atoms with Gasteiger partial charge in [-0.2, -0.15) is 5.26 Å². The largest absolute Gasteiger partial charge is 0.375 e. The molecule has 0 spiro atoms. The predicted octanol–water partition coefficient (Wildman–Crippen LogP) is 2.66. The number of halogens is 2. The Morgan fingerprint density at radius 1 is 1.37 bits per heavy atom. The number of nitrogens with one attached hydrogen (secondary N) is 1. The smallest absolute Gasteiger partial charge is 0.194 e. The fourth-order valence-corrected chi connectivity index (χ4v) is 3.32. The maximum absolute atomic E-state index is 14.1. The first kappa shape index (κ1) is 21.9. The lowest BCUT2D eigenvalue weighted by Gasteiger charge is -2.37. The van der Waals surface area contributed by atoms with Crippen molar-refractivity contribution in [2.24, 2.45) is 4.99 Å². The van der Waals surface area contributed by atoms with Crippen molar-refractivity contribution >= 4 is 29.9 Å². The zero-order valence-corrected chi connectivity index (χ0v) is 17.8. The maximum atomic E-state index is 14.1. The first-order chi connectivity index (χ1) is 12.7. The second kappa shape index (κ2) is 10.8. The van der Waals surface area contributed by atoms with Gasteiger partial charge in [0.15, 0.2) is 5.96 Å². The highest BCUT2D eigenvalue weighted by Gasteiger charge is 2.32. The third-order valence-corrected chi connectivity index (χ3v) is 4.69. The highest BCUT2D eigenvalue weighted by Crippen LogP contribution is 2.21. The highest BCUT2D eigenvalue weighted by atomic mass is 127. The van der Waals surface area contributed by atoms with E-state index in [2.05, 4.69) is 15.2 Å². The lowest BCUT2D eigenvalue weighted by atomic mass is 10.1. The first-order valence-corrected chi connectivity index (χ1v) is 9.16. The van der Waals surface area contributed by atoms with Crippen LogP contribution < -0.4 is 5.32 Å². The predicted molar refractivity (Wildman–Crippen MR) is 112 cm³/mol. The monoisotopic (exact) mass is 488 g/mol. The molecule has 2 aliphatic heterocycles. The molecule has 2 atom stereocenters. The van der Waals surface area contributed by atoms with E-state index in [1.165, 1.54) is 6.07 Å². The maximum Gasteiger partial charge on any atom is 0.194 e. The Morgan fingerprint density at radius 3 is 2.85 bits per heavy atom. The molecule has 0 bridgehead atoms. The average Bonchev–Trinajstić information content (AvgIpc) is 3.21. The molecule has 1 N–H and O–H groups in total. The summed E-state index contributed by atoms with van der Waals surface area (Å²) in [5.74, 6) is 0.352. The van der Waals surface area contributed by atoms with E-state index in [-0.39, 0.29) is 42.7 Å². The summed E-state index contributed by atoms with van der Waals surface area (Å²) in [6.45, 7) is 5.85. The van der Waals surface area contributed by atoms with Gasteiger partial charge in [0.1, 0.15) is 11.9 Å². The van der Waals surface area contributed by atoms with E-state index in [4.69, 9.17) is 14.7 Å². The second-order valence-corrected chi connectivity index (χ2v) is 6.49. The van der Waals surface area contributed by atoms with Crippen molar-refractivity contribution in [3.63, 3.8) is 0 Å². The molecular weight excluding hydrogens is 462 g/mol. The molecule has 2 saturated heterocycles. The van der Waals surface area contributed by atoms with Crippen LogP contribution in [0.5, 0.6) is 0 Å². The van der Waals surface area contributed by atoms with Crippen molar-refractivity contribution in [3.8, 4) is 6.07 Å². The van der Waals surface area contributed by atoms with Crippen LogP contribution in [0.3, 0.4) is 0 Å². The normalized spacial score (nSPS) is 22.9. The molecule has 0 radical (unpaired) electrons. The molecule has 2 aliphatic rings. The number of nitriles is 1. The van der Waals surface area contributed by atoms with Crippen LogP contribution >= 0.6 is 24.0 Å². The first-order valence-electron chi connectivity index (χ1n) is 9.16. The van der Waals surface area contributed by atoms with Crippen LogP contribution in [0.25, 0.3) is 0 Å². The Labute approximate surface area is 176 Å². The molecule has 27 heavy (non-hydrogen) atoms. The Bertz CT molecular complexity index is 689. The van der Waals surface area contributed by atoms with Crippen molar-refractivity contribution in [1.29, 1.82) is 5.26 Å². The topological polar surface area (TPSA) is 69.9 Å². The molecule has 0 saturated carbocycles. The summed E-state index contributed by atoms with van der Waals surface area (Å²) in [6, 6.07) is 6.43. The number of benzene rings is 1. The minimum atomic E-state index is -0.400. The zero-order valence-electron chi connectivity index (χ0n) is 15.5. The van der Waals surface area contributed by atoms with Crippen molar-refractivity contribution < 1.29 is 13.9 Å². The van der Waals surface area contributed by atoms with Crippen LogP contribution in [0.15, 0.2) is 23.2 Å². The molecule has 3 rings (SSSR count). The molecule has 1 aromatic rings. The number of guanidine groups is 1. The van der Waals surface area contributed by atoms with Gasteiger partial charge in [-0.1, -0.05) is 6.07 Å². The number of aliphatic imine (C=N–C) groups is 1. The second-order valence-electron chi connectivity index (χ2n) is 6.49. The molecular formula is C19H26FIN4O2. The number of ether oxygens (including phenoxy) is 2. The number of hydrogen-bond acceptors (Lipinski definition) is 4. The molecule has 2 fully saturated rings. The van der Waals surface area contributed by atoms with Gasteiger partial charge in [0.05, 0.1) is 30.9 Å². The summed E-state index contributed by atoms with van der Waals surface area (Å²) in [4.78, 5) is 6.75. The molecule has 0 aliphatic carbocycles. The van der Waals surface area contributed by atoms with Crippen LogP contribution in [0.2, 0.25) is 0 Å². The van der Waals surface area contributed by atoms with E-state index in [9.17, 15) is 4.39 Å². The van der Waals surface area contributed by atoms with E-state index < -0.39 is 5.82 Å². The van der Waals surface area contributed by atoms with Crippen molar-refractivity contribution in [2.45, 2.75) is 38.5 Å². The van der Waals surface area contributed by atoms with E-state index in [1.807, 2.05) is 13.0 Å². The molecule has 2 heterocycles. The summed E-state index contributed by atoms with van der Waals surface area (Å²) >= 11 is 0. The third-order valence-electron chi connectivity index (χ3n) is 4.69. The summed E-state index contributed by atoms with van der Waals surface area (Å²) in [5.41, 5.74) is 0.790. The lowest BCUT2D eigenvalue weighted by molar-refractivity contribution is -0.0817. The van der Waals surface area contributed by atoms with Crippen LogP contribution in [0.4, 0.5) is 4.39 Å². The quantitative estimate of drug-likeness (QED) is 0.401. The summed E-state index contributed by atoms with van der Waals surface area (Å²) in [7, 11) is 0. The van der Waals surface area contributed by atoms with Crippen LogP contribution in [0, 0.1) is 17.1 Å². The fraction of sp³-hybridized carbons (Fsp3) is 0.579. The SMILES string of the molecule is CCNC(=NCc1ccc(C#N)cc1F)N1CCOC(C2CCCO2)C1.I. The van der Waals surface area contributed by atoms with Gasteiger partial charge in [0, 0.05) is 31.8 Å². The minimum Gasteiger partial charge on any atom is -0.375 e. The molecule has 6 nitrogen and oxygen atoms in total. The van der Waals surface area contributed by atoms with Gasteiger partial charge in [-0.3, -0.25) is 0 Å². The molecule has 148 valence electrons. The van der Waals surface area contributed by atoms with Gasteiger partial charge in [-0.25, -0.2) is 9.38 Å². The van der Waals surface area contributed by atoms with Gasteiger partial charge >= 0.3 is 0 Å². The van der Waals surface area contributed by atoms with Crippen LogP contribution in [0.1, 0.15) is 30.9 Å². The Kier molecular flexibility index (Phi) is 8.73. The number of hydrogen-bond donors (Lipinski definition) is 1. The average molecular weight is 488 g/mol. The van der Waals surface area contributed by atoms with E-state index in [1.54, 1.807) is 12.1 Å². The number of morpholine rings is 1. The van der Waals surface area contributed by atoms with Crippen molar-refractivity contribution in [3.05, 3.63) is 35.1 Å². The molecule has 2 unspecified atom stereocenters. The van der Waals surface area contributed by atoms with Crippen molar-refractivity contribution in [2.75, 3.05) is 32.8 Å².